The number of likely N-dealkylation sites (tertiary alicyclic amines) is 1. The van der Waals surface area contributed by atoms with E-state index in [2.05, 4.69) is 5.10 Å². The minimum absolute atomic E-state index is 0.121. The lowest BCUT2D eigenvalue weighted by atomic mass is 9.89. The van der Waals surface area contributed by atoms with E-state index < -0.39 is 0 Å². The Morgan fingerprint density at radius 1 is 1.12 bits per heavy atom. The number of fused-ring (bicyclic) bond motifs is 1. The van der Waals surface area contributed by atoms with Crippen LogP contribution in [0.2, 0.25) is 0 Å². The second-order valence-electron chi connectivity index (χ2n) is 8.74. The van der Waals surface area contributed by atoms with E-state index in [9.17, 15) is 9.59 Å². The first kappa shape index (κ1) is 22.1. The molecule has 1 aliphatic rings. The molecule has 6 heteroatoms. The number of nitrogens with zero attached hydrogens (tertiary/aromatic N) is 3. The van der Waals surface area contributed by atoms with E-state index in [1.807, 2.05) is 66.9 Å². The summed E-state index contributed by atoms with van der Waals surface area (Å²) in [6.07, 6.45) is 2.82. The number of ketones is 1. The van der Waals surface area contributed by atoms with Gasteiger partial charge in [-0.2, -0.15) is 5.10 Å². The van der Waals surface area contributed by atoms with Crippen LogP contribution in [0, 0.1) is 19.8 Å². The third-order valence-corrected chi connectivity index (χ3v) is 6.72. The van der Waals surface area contributed by atoms with Gasteiger partial charge >= 0.3 is 0 Å². The molecule has 0 N–H and O–H groups in total. The van der Waals surface area contributed by atoms with E-state index in [1.165, 1.54) is 0 Å². The van der Waals surface area contributed by atoms with Crippen molar-refractivity contribution in [2.75, 3.05) is 20.2 Å². The molecule has 0 bridgehead atoms. The molecule has 32 heavy (non-hydrogen) atoms. The molecule has 0 spiro atoms. The first-order valence-electron chi connectivity index (χ1n) is 11.3. The van der Waals surface area contributed by atoms with E-state index in [0.29, 0.717) is 24.9 Å². The van der Waals surface area contributed by atoms with Gasteiger partial charge in [0.15, 0.2) is 5.78 Å². The van der Waals surface area contributed by atoms with E-state index in [-0.39, 0.29) is 17.6 Å². The Balaban J connectivity index is 1.42. The Morgan fingerprint density at radius 3 is 2.59 bits per heavy atom. The maximum atomic E-state index is 13.2. The molecular formula is C26H31N3O3. The highest BCUT2D eigenvalue weighted by Crippen LogP contribution is 2.26. The highest BCUT2D eigenvalue weighted by Gasteiger charge is 2.29. The molecule has 1 fully saturated rings. The minimum atomic E-state index is -0.148. The number of ether oxygens (including phenoxy) is 1. The Morgan fingerprint density at radius 2 is 1.88 bits per heavy atom. The summed E-state index contributed by atoms with van der Waals surface area (Å²) in [4.78, 5) is 28.0. The maximum absolute atomic E-state index is 13.2. The molecular weight excluding hydrogens is 402 g/mol. The van der Waals surface area contributed by atoms with E-state index in [1.54, 1.807) is 7.11 Å². The molecule has 2 aromatic carbocycles. The average Bonchev–Trinajstić information content (AvgIpc) is 3.06. The van der Waals surface area contributed by atoms with E-state index in [4.69, 9.17) is 4.74 Å². The number of carbonyl (C=O) groups is 2. The normalized spacial score (nSPS) is 16.4. The number of hydrogen-bond donors (Lipinski definition) is 0. The zero-order chi connectivity index (χ0) is 22.8. The molecule has 1 aliphatic heterocycles. The van der Waals surface area contributed by atoms with Crippen molar-refractivity contribution in [2.45, 2.75) is 39.5 Å². The summed E-state index contributed by atoms with van der Waals surface area (Å²) in [6.45, 7) is 5.26. The molecule has 0 aliphatic carbocycles. The van der Waals surface area contributed by atoms with Gasteiger partial charge in [0.05, 0.1) is 12.8 Å². The van der Waals surface area contributed by atoms with Crippen molar-refractivity contribution < 1.29 is 14.3 Å². The van der Waals surface area contributed by atoms with Gasteiger partial charge in [-0.1, -0.05) is 18.2 Å². The monoisotopic (exact) mass is 433 g/mol. The van der Waals surface area contributed by atoms with Gasteiger partial charge in [0.25, 0.3) is 0 Å². The quantitative estimate of drug-likeness (QED) is 0.545. The number of benzene rings is 2. The second kappa shape index (κ2) is 9.15. The van der Waals surface area contributed by atoms with Gasteiger partial charge in [0.1, 0.15) is 5.75 Å². The molecule has 1 atom stereocenters. The van der Waals surface area contributed by atoms with Gasteiger partial charge in [-0.25, -0.2) is 0 Å². The summed E-state index contributed by atoms with van der Waals surface area (Å²) in [5.74, 6) is 0.898. The molecule has 1 amide bonds. The number of piperidine rings is 1. The van der Waals surface area contributed by atoms with Crippen LogP contribution in [-0.4, -0.2) is 46.6 Å². The number of hydrogen-bond acceptors (Lipinski definition) is 4. The second-order valence-corrected chi connectivity index (χ2v) is 8.74. The maximum Gasteiger partial charge on any atom is 0.222 e. The minimum Gasteiger partial charge on any atom is -0.497 e. The SMILES string of the molecule is COc1ccc2cc(C(=O)C3CCCN(C(=O)CCc4c(C)nn(C)c4C)C3)ccc2c1. The van der Waals surface area contributed by atoms with E-state index in [0.717, 1.165) is 52.9 Å². The predicted octanol–water partition coefficient (Wildman–Crippen LogP) is 4.25. The molecule has 168 valence electrons. The Bertz CT molecular complexity index is 1160. The first-order valence-corrected chi connectivity index (χ1v) is 11.3. The zero-order valence-corrected chi connectivity index (χ0v) is 19.4. The molecule has 2 heterocycles. The number of aromatic nitrogens is 2. The fourth-order valence-corrected chi connectivity index (χ4v) is 4.73. The Kier molecular flexibility index (Phi) is 6.31. The molecule has 3 aromatic rings. The van der Waals surface area contributed by atoms with Gasteiger partial charge in [-0.3, -0.25) is 14.3 Å². The molecule has 1 aromatic heterocycles. The largest absolute Gasteiger partial charge is 0.497 e. The summed E-state index contributed by atoms with van der Waals surface area (Å²) in [5, 5.41) is 6.50. The fourth-order valence-electron chi connectivity index (χ4n) is 4.73. The van der Waals surface area contributed by atoms with Crippen molar-refractivity contribution in [3.8, 4) is 5.75 Å². The number of aryl methyl sites for hydroxylation is 2. The third kappa shape index (κ3) is 4.40. The Hall–Kier alpha value is -3.15. The summed E-state index contributed by atoms with van der Waals surface area (Å²) in [5.41, 5.74) is 3.95. The standard InChI is InChI=1S/C26H31N3O3/c1-17-24(18(2)28(3)27-17)11-12-25(30)29-13-5-6-22(16-29)26(31)21-8-7-20-15-23(32-4)10-9-19(20)14-21/h7-10,14-15,22H,5-6,11-13,16H2,1-4H3. The third-order valence-electron chi connectivity index (χ3n) is 6.72. The van der Waals surface area contributed by atoms with Gasteiger partial charge < -0.3 is 9.64 Å². The van der Waals surface area contributed by atoms with Crippen LogP contribution in [0.3, 0.4) is 0 Å². The van der Waals surface area contributed by atoms with Gasteiger partial charge in [-0.15, -0.1) is 0 Å². The number of amides is 1. The number of carbonyl (C=O) groups excluding carboxylic acids is 2. The van der Waals surface area contributed by atoms with Crippen molar-refractivity contribution in [3.63, 3.8) is 0 Å². The molecule has 6 nitrogen and oxygen atoms in total. The predicted molar refractivity (Wildman–Crippen MR) is 125 cm³/mol. The van der Waals surface area contributed by atoms with E-state index >= 15 is 0 Å². The highest BCUT2D eigenvalue weighted by atomic mass is 16.5. The molecule has 0 saturated carbocycles. The average molecular weight is 434 g/mol. The van der Waals surface area contributed by atoms with Crippen molar-refractivity contribution >= 4 is 22.5 Å². The highest BCUT2D eigenvalue weighted by molar-refractivity contribution is 6.01. The molecule has 0 radical (unpaired) electrons. The molecule has 1 unspecified atom stereocenters. The van der Waals surface area contributed by atoms with Crippen molar-refractivity contribution in [3.05, 3.63) is 58.9 Å². The van der Waals surface area contributed by atoms with Gasteiger partial charge in [0, 0.05) is 43.7 Å². The zero-order valence-electron chi connectivity index (χ0n) is 19.4. The summed E-state index contributed by atoms with van der Waals surface area (Å²) in [7, 11) is 3.58. The smallest absolute Gasteiger partial charge is 0.222 e. The number of methoxy groups -OCH3 is 1. The summed E-state index contributed by atoms with van der Waals surface area (Å²) < 4.78 is 7.15. The lowest BCUT2D eigenvalue weighted by Crippen LogP contribution is -2.42. The summed E-state index contributed by atoms with van der Waals surface area (Å²) >= 11 is 0. The van der Waals surface area contributed by atoms with Gasteiger partial charge in [0.2, 0.25) is 5.91 Å². The fraction of sp³-hybridized carbons (Fsp3) is 0.423. The lowest BCUT2D eigenvalue weighted by Gasteiger charge is -2.32. The van der Waals surface area contributed by atoms with Crippen LogP contribution in [0.1, 0.15) is 46.6 Å². The van der Waals surface area contributed by atoms with Crippen LogP contribution in [0.25, 0.3) is 10.8 Å². The van der Waals surface area contributed by atoms with Crippen molar-refractivity contribution in [2.24, 2.45) is 13.0 Å². The number of rotatable bonds is 6. The Labute approximate surface area is 189 Å². The molecule has 4 rings (SSSR count). The van der Waals surface area contributed by atoms with Crippen LogP contribution in [-0.2, 0) is 18.3 Å². The first-order chi connectivity index (χ1) is 15.4. The van der Waals surface area contributed by atoms with Crippen LogP contribution in [0.4, 0.5) is 0 Å². The topological polar surface area (TPSA) is 64.4 Å². The van der Waals surface area contributed by atoms with Crippen LogP contribution in [0.15, 0.2) is 36.4 Å². The van der Waals surface area contributed by atoms with Crippen LogP contribution in [0.5, 0.6) is 5.75 Å². The lowest BCUT2D eigenvalue weighted by molar-refractivity contribution is -0.132. The van der Waals surface area contributed by atoms with Crippen LogP contribution < -0.4 is 4.74 Å². The molecule has 1 saturated heterocycles. The van der Waals surface area contributed by atoms with Crippen LogP contribution >= 0.6 is 0 Å². The van der Waals surface area contributed by atoms with Gasteiger partial charge in [-0.05, 0) is 67.6 Å². The van der Waals surface area contributed by atoms with Crippen molar-refractivity contribution in [1.29, 1.82) is 0 Å². The summed E-state index contributed by atoms with van der Waals surface area (Å²) in [6, 6.07) is 11.7. The van der Waals surface area contributed by atoms with Crippen molar-refractivity contribution in [1.82, 2.24) is 14.7 Å². The number of Topliss-reactive ketones (excluding diaryl/α,β-unsaturated/α-hetero) is 1.